The summed E-state index contributed by atoms with van der Waals surface area (Å²) in [5, 5.41) is 23.6. The van der Waals surface area contributed by atoms with Crippen molar-refractivity contribution in [3.63, 3.8) is 0 Å². The van der Waals surface area contributed by atoms with Crippen LogP contribution in [0.4, 0.5) is 5.69 Å². The van der Waals surface area contributed by atoms with E-state index in [1.807, 2.05) is 0 Å². The highest BCUT2D eigenvalue weighted by atomic mass is 35.5. The van der Waals surface area contributed by atoms with Crippen LogP contribution in [0.15, 0.2) is 41.0 Å². The van der Waals surface area contributed by atoms with Crippen LogP contribution in [0.25, 0.3) is 0 Å². The van der Waals surface area contributed by atoms with Gasteiger partial charge in [-0.05, 0) is 31.2 Å². The Bertz CT molecular complexity index is 713. The summed E-state index contributed by atoms with van der Waals surface area (Å²) in [6.45, 7) is 1.52. The molecule has 1 unspecified atom stereocenters. The standard InChI is InChI=1S/C15H15ClN2O5/c1-15(20,8-11-3-2-6-23-11)9-17-14(19)10-4-5-12(16)13(7-10)18(21)22/h2-7,20H,8-9H2,1H3,(H,17,19). The second-order valence-electron chi connectivity index (χ2n) is 5.36. The first-order valence-corrected chi connectivity index (χ1v) is 7.13. The number of aliphatic hydroxyl groups is 1. The zero-order valence-electron chi connectivity index (χ0n) is 12.3. The SMILES string of the molecule is CC(O)(CNC(=O)c1ccc(Cl)c([N+](=O)[O-])c1)Cc1ccco1. The van der Waals surface area contributed by atoms with Crippen LogP contribution in [0.2, 0.25) is 5.02 Å². The number of carbonyl (C=O) groups is 1. The van der Waals surface area contributed by atoms with Gasteiger partial charge in [-0.1, -0.05) is 11.6 Å². The number of hydrogen-bond acceptors (Lipinski definition) is 5. The summed E-state index contributed by atoms with van der Waals surface area (Å²) in [7, 11) is 0. The first-order valence-electron chi connectivity index (χ1n) is 6.75. The number of benzene rings is 1. The third-order valence-electron chi connectivity index (χ3n) is 3.17. The summed E-state index contributed by atoms with van der Waals surface area (Å²) in [5.41, 5.74) is -1.47. The third kappa shape index (κ3) is 4.54. The molecule has 122 valence electrons. The summed E-state index contributed by atoms with van der Waals surface area (Å²) in [6, 6.07) is 7.19. The van der Waals surface area contributed by atoms with Gasteiger partial charge in [0.2, 0.25) is 0 Å². The fourth-order valence-corrected chi connectivity index (χ4v) is 2.20. The van der Waals surface area contributed by atoms with Crippen molar-refractivity contribution in [1.29, 1.82) is 0 Å². The van der Waals surface area contributed by atoms with Gasteiger partial charge in [0.1, 0.15) is 10.8 Å². The molecular weight excluding hydrogens is 324 g/mol. The molecule has 2 aromatic rings. The van der Waals surface area contributed by atoms with Gasteiger partial charge in [-0.25, -0.2) is 0 Å². The Labute approximate surface area is 137 Å². The van der Waals surface area contributed by atoms with Crippen molar-refractivity contribution < 1.29 is 19.2 Å². The highest BCUT2D eigenvalue weighted by molar-refractivity contribution is 6.32. The van der Waals surface area contributed by atoms with E-state index in [1.165, 1.54) is 18.4 Å². The number of nitro benzene ring substituents is 1. The zero-order chi connectivity index (χ0) is 17.0. The molecule has 7 nitrogen and oxygen atoms in total. The Kier molecular flexibility index (Phi) is 5.02. The number of hydrogen-bond donors (Lipinski definition) is 2. The minimum Gasteiger partial charge on any atom is -0.469 e. The van der Waals surface area contributed by atoms with Crippen molar-refractivity contribution >= 4 is 23.2 Å². The number of furan rings is 1. The number of nitrogens with one attached hydrogen (secondary N) is 1. The fourth-order valence-electron chi connectivity index (χ4n) is 2.02. The molecule has 0 saturated heterocycles. The fraction of sp³-hybridized carbons (Fsp3) is 0.267. The second kappa shape index (κ2) is 6.80. The molecule has 2 N–H and O–H groups in total. The highest BCUT2D eigenvalue weighted by Crippen LogP contribution is 2.25. The van der Waals surface area contributed by atoms with Crippen molar-refractivity contribution in [3.8, 4) is 0 Å². The van der Waals surface area contributed by atoms with E-state index >= 15 is 0 Å². The number of halogens is 1. The topological polar surface area (TPSA) is 106 Å². The van der Waals surface area contributed by atoms with Gasteiger partial charge in [-0.2, -0.15) is 0 Å². The average molecular weight is 339 g/mol. The Morgan fingerprint density at radius 2 is 2.22 bits per heavy atom. The molecule has 2 rings (SSSR count). The number of nitrogens with zero attached hydrogens (tertiary/aromatic N) is 1. The molecule has 0 spiro atoms. The number of rotatable bonds is 6. The predicted octanol–water partition coefficient (Wildman–Crippen LogP) is 2.56. The average Bonchev–Trinajstić information content (AvgIpc) is 2.97. The maximum absolute atomic E-state index is 12.1. The summed E-state index contributed by atoms with van der Waals surface area (Å²) in [5.74, 6) is 0.0517. The predicted molar refractivity (Wildman–Crippen MR) is 83.5 cm³/mol. The molecule has 1 atom stereocenters. The molecule has 1 amide bonds. The number of nitro groups is 1. The molecule has 0 bridgehead atoms. The van der Waals surface area contributed by atoms with E-state index in [0.29, 0.717) is 5.76 Å². The molecule has 0 fully saturated rings. The first kappa shape index (κ1) is 17.0. The van der Waals surface area contributed by atoms with Gasteiger partial charge in [0.05, 0.1) is 16.8 Å². The summed E-state index contributed by atoms with van der Waals surface area (Å²) in [6.07, 6.45) is 1.72. The lowest BCUT2D eigenvalue weighted by Crippen LogP contribution is -2.42. The normalized spacial score (nSPS) is 13.3. The van der Waals surface area contributed by atoms with Crippen molar-refractivity contribution in [2.24, 2.45) is 0 Å². The summed E-state index contributed by atoms with van der Waals surface area (Å²) < 4.78 is 5.15. The van der Waals surface area contributed by atoms with Crippen LogP contribution in [-0.2, 0) is 6.42 Å². The molecule has 0 aliphatic rings. The number of carbonyl (C=O) groups excluding carboxylic acids is 1. The van der Waals surface area contributed by atoms with Crippen molar-refractivity contribution in [2.75, 3.05) is 6.54 Å². The van der Waals surface area contributed by atoms with Gasteiger partial charge in [0.15, 0.2) is 0 Å². The van der Waals surface area contributed by atoms with Crippen LogP contribution in [0.1, 0.15) is 23.0 Å². The first-order chi connectivity index (χ1) is 10.8. The molecule has 1 aromatic carbocycles. The van der Waals surface area contributed by atoms with E-state index in [9.17, 15) is 20.0 Å². The van der Waals surface area contributed by atoms with Gasteiger partial charge in [-0.15, -0.1) is 0 Å². The lowest BCUT2D eigenvalue weighted by molar-refractivity contribution is -0.384. The largest absolute Gasteiger partial charge is 0.469 e. The van der Waals surface area contributed by atoms with Gasteiger partial charge in [-0.3, -0.25) is 14.9 Å². The zero-order valence-corrected chi connectivity index (χ0v) is 13.0. The summed E-state index contributed by atoms with van der Waals surface area (Å²) >= 11 is 5.70. The number of amides is 1. The Morgan fingerprint density at radius 1 is 1.48 bits per heavy atom. The van der Waals surface area contributed by atoms with Crippen molar-refractivity contribution in [2.45, 2.75) is 18.9 Å². The van der Waals surface area contributed by atoms with Crippen LogP contribution in [0.3, 0.4) is 0 Å². The van der Waals surface area contributed by atoms with E-state index in [1.54, 1.807) is 19.1 Å². The maximum atomic E-state index is 12.1. The van der Waals surface area contributed by atoms with Crippen LogP contribution < -0.4 is 5.32 Å². The monoisotopic (exact) mass is 338 g/mol. The summed E-state index contributed by atoms with van der Waals surface area (Å²) in [4.78, 5) is 22.2. The molecule has 1 heterocycles. The van der Waals surface area contributed by atoms with E-state index in [2.05, 4.69) is 5.32 Å². The van der Waals surface area contributed by atoms with E-state index < -0.39 is 16.4 Å². The van der Waals surface area contributed by atoms with E-state index in [-0.39, 0.29) is 29.2 Å². The molecule has 8 heteroatoms. The molecule has 1 aromatic heterocycles. The molecule has 0 radical (unpaired) electrons. The van der Waals surface area contributed by atoms with Gasteiger partial charge >= 0.3 is 0 Å². The third-order valence-corrected chi connectivity index (χ3v) is 3.49. The molecule has 0 aliphatic heterocycles. The highest BCUT2D eigenvalue weighted by Gasteiger charge is 2.24. The van der Waals surface area contributed by atoms with Gasteiger partial charge in [0.25, 0.3) is 11.6 Å². The lowest BCUT2D eigenvalue weighted by atomic mass is 10.0. The Hall–Kier alpha value is -2.38. The van der Waals surface area contributed by atoms with Crippen LogP contribution >= 0.6 is 11.6 Å². The van der Waals surface area contributed by atoms with Crippen LogP contribution in [0, 0.1) is 10.1 Å². The molecule has 23 heavy (non-hydrogen) atoms. The molecule has 0 saturated carbocycles. The molecular formula is C15H15ClN2O5. The van der Waals surface area contributed by atoms with Crippen LogP contribution in [-0.4, -0.2) is 28.1 Å². The lowest BCUT2D eigenvalue weighted by Gasteiger charge is -2.22. The minimum atomic E-state index is -1.22. The van der Waals surface area contributed by atoms with Gasteiger partial charge in [0, 0.05) is 24.6 Å². The minimum absolute atomic E-state index is 0.0387. The van der Waals surface area contributed by atoms with Crippen molar-refractivity contribution in [3.05, 3.63) is 63.1 Å². The van der Waals surface area contributed by atoms with E-state index in [4.69, 9.17) is 16.0 Å². The quantitative estimate of drug-likeness (QED) is 0.622. The van der Waals surface area contributed by atoms with E-state index in [0.717, 1.165) is 6.07 Å². The second-order valence-corrected chi connectivity index (χ2v) is 5.77. The smallest absolute Gasteiger partial charge is 0.288 e. The van der Waals surface area contributed by atoms with Crippen molar-refractivity contribution in [1.82, 2.24) is 5.32 Å². The van der Waals surface area contributed by atoms with Gasteiger partial charge < -0.3 is 14.8 Å². The maximum Gasteiger partial charge on any atom is 0.288 e. The van der Waals surface area contributed by atoms with Crippen LogP contribution in [0.5, 0.6) is 0 Å². The molecule has 0 aliphatic carbocycles. The Morgan fingerprint density at radius 3 is 2.83 bits per heavy atom. The Balaban J connectivity index is 2.02.